The molecule has 2 aromatic rings. The van der Waals surface area contributed by atoms with Crippen molar-refractivity contribution in [3.63, 3.8) is 0 Å². The van der Waals surface area contributed by atoms with E-state index in [0.29, 0.717) is 0 Å². The molecule has 3 rings (SSSR count). The highest BCUT2D eigenvalue weighted by Crippen LogP contribution is 2.30. The molecule has 0 saturated heterocycles. The van der Waals surface area contributed by atoms with Gasteiger partial charge in [0.15, 0.2) is 0 Å². The second-order valence-electron chi connectivity index (χ2n) is 7.95. The number of carbonyl (C=O) groups is 1. The van der Waals surface area contributed by atoms with Gasteiger partial charge in [-0.15, -0.1) is 0 Å². The molecule has 2 atom stereocenters. The zero-order valence-electron chi connectivity index (χ0n) is 18.0. The highest BCUT2D eigenvalue weighted by molar-refractivity contribution is 5.69. The average Bonchev–Trinajstić information content (AvgIpc) is 3.03. The first-order chi connectivity index (χ1) is 15.0. The molecular weight excluding hydrogens is 399 g/mol. The molecule has 1 aromatic carbocycles. The number of nitrogens with zero attached hydrogens (tertiary/aromatic N) is 2. The van der Waals surface area contributed by atoms with Crippen molar-refractivity contribution >= 4 is 12.2 Å². The molecule has 1 aliphatic rings. The molecule has 0 saturated carbocycles. The smallest absolute Gasteiger partial charge is 0.308 e. The summed E-state index contributed by atoms with van der Waals surface area (Å²) in [7, 11) is 0. The van der Waals surface area contributed by atoms with Crippen LogP contribution in [0.4, 0.5) is 4.39 Å². The van der Waals surface area contributed by atoms with Gasteiger partial charge in [0.05, 0.1) is 30.9 Å². The largest absolute Gasteiger partial charge is 0.466 e. The molecule has 0 bridgehead atoms. The molecule has 7 heteroatoms. The monoisotopic (exact) mass is 430 g/mol. The number of hydrogen-bond acceptors (Lipinski definition) is 5. The van der Waals surface area contributed by atoms with Gasteiger partial charge in [-0.05, 0) is 62.9 Å². The van der Waals surface area contributed by atoms with E-state index in [2.05, 4.69) is 0 Å². The van der Waals surface area contributed by atoms with Crippen LogP contribution >= 0.6 is 0 Å². The predicted molar refractivity (Wildman–Crippen MR) is 117 cm³/mol. The molecular formula is C24H31FN2O4. The van der Waals surface area contributed by atoms with Crippen molar-refractivity contribution < 1.29 is 24.1 Å². The van der Waals surface area contributed by atoms with E-state index in [1.165, 1.54) is 30.5 Å². The van der Waals surface area contributed by atoms with Crippen LogP contribution in [0.5, 0.6) is 0 Å². The Morgan fingerprint density at radius 3 is 2.61 bits per heavy atom. The van der Waals surface area contributed by atoms with Crippen LogP contribution in [-0.4, -0.2) is 44.8 Å². The van der Waals surface area contributed by atoms with Gasteiger partial charge in [-0.25, -0.2) is 9.07 Å². The Morgan fingerprint density at radius 1 is 1.19 bits per heavy atom. The van der Waals surface area contributed by atoms with Gasteiger partial charge in [-0.3, -0.25) is 4.79 Å². The molecule has 2 N–H and O–H groups in total. The van der Waals surface area contributed by atoms with Crippen LogP contribution in [-0.2, 0) is 22.4 Å². The molecule has 0 radical (unpaired) electrons. The number of aromatic nitrogens is 2. The minimum Gasteiger partial charge on any atom is -0.466 e. The van der Waals surface area contributed by atoms with Crippen LogP contribution in [0.15, 0.2) is 30.3 Å². The molecule has 6 nitrogen and oxygen atoms in total. The van der Waals surface area contributed by atoms with Gasteiger partial charge >= 0.3 is 5.97 Å². The number of aliphatic hydroxyl groups excluding tert-OH is 2. The van der Waals surface area contributed by atoms with Crippen molar-refractivity contribution in [2.24, 2.45) is 0 Å². The number of fused-ring (bicyclic) bond motifs is 1. The Kier molecular flexibility index (Phi) is 8.37. The van der Waals surface area contributed by atoms with Gasteiger partial charge in [-0.2, -0.15) is 5.10 Å². The number of aliphatic hydroxyl groups is 2. The lowest BCUT2D eigenvalue weighted by molar-refractivity contribution is -0.145. The van der Waals surface area contributed by atoms with Gasteiger partial charge in [0.2, 0.25) is 0 Å². The first-order valence-corrected chi connectivity index (χ1v) is 11.0. The van der Waals surface area contributed by atoms with E-state index in [1.54, 1.807) is 36.0 Å². The maximum atomic E-state index is 13.4. The van der Waals surface area contributed by atoms with E-state index in [-0.39, 0.29) is 25.3 Å². The van der Waals surface area contributed by atoms with Crippen molar-refractivity contribution in [3.8, 4) is 11.3 Å². The molecule has 1 heterocycles. The standard InChI is InChI=1S/C24H31FN2O4/c1-2-31-23(30)16-20(29)15-19(28)13-14-27-22-8-6-4-3-5-7-21(22)24(26-27)17-9-11-18(25)12-10-17/h9-14,19-20,28-29H,2-8,15-16H2,1H3/b14-13+. The van der Waals surface area contributed by atoms with Crippen molar-refractivity contribution in [3.05, 3.63) is 47.4 Å². The molecule has 168 valence electrons. The van der Waals surface area contributed by atoms with Crippen molar-refractivity contribution in [2.75, 3.05) is 6.61 Å². The van der Waals surface area contributed by atoms with Gasteiger partial charge < -0.3 is 14.9 Å². The fourth-order valence-corrected chi connectivity index (χ4v) is 3.98. The Balaban J connectivity index is 1.79. The van der Waals surface area contributed by atoms with Gasteiger partial charge in [0.25, 0.3) is 0 Å². The van der Waals surface area contributed by atoms with E-state index < -0.39 is 18.2 Å². The number of esters is 1. The van der Waals surface area contributed by atoms with E-state index >= 15 is 0 Å². The van der Waals surface area contributed by atoms with Crippen molar-refractivity contribution in [1.82, 2.24) is 9.78 Å². The zero-order chi connectivity index (χ0) is 22.2. The molecule has 0 amide bonds. The summed E-state index contributed by atoms with van der Waals surface area (Å²) >= 11 is 0. The van der Waals surface area contributed by atoms with E-state index in [1.807, 2.05) is 0 Å². The Hall–Kier alpha value is -2.51. The summed E-state index contributed by atoms with van der Waals surface area (Å²) in [5.41, 5.74) is 4.00. The fourth-order valence-electron chi connectivity index (χ4n) is 3.98. The SMILES string of the molecule is CCOC(=O)CC(O)CC(O)/C=C/n1nc(-c2ccc(F)cc2)c2c1CCCCCC2. The highest BCUT2D eigenvalue weighted by Gasteiger charge is 2.20. The molecule has 1 aliphatic carbocycles. The van der Waals surface area contributed by atoms with Crippen LogP contribution < -0.4 is 0 Å². The van der Waals surface area contributed by atoms with Gasteiger partial charge in [0, 0.05) is 29.4 Å². The number of rotatable bonds is 8. The molecule has 31 heavy (non-hydrogen) atoms. The summed E-state index contributed by atoms with van der Waals surface area (Å²) in [5.74, 6) is -0.765. The number of benzene rings is 1. The summed E-state index contributed by atoms with van der Waals surface area (Å²) in [4.78, 5) is 11.5. The quantitative estimate of drug-likeness (QED) is 0.621. The first kappa shape index (κ1) is 23.2. The molecule has 0 spiro atoms. The topological polar surface area (TPSA) is 84.6 Å². The maximum absolute atomic E-state index is 13.4. The van der Waals surface area contributed by atoms with Crippen molar-refractivity contribution in [2.45, 2.75) is 70.5 Å². The van der Waals surface area contributed by atoms with Crippen LogP contribution in [0.25, 0.3) is 17.5 Å². The third-order valence-corrected chi connectivity index (χ3v) is 5.50. The maximum Gasteiger partial charge on any atom is 0.308 e. The second kappa shape index (κ2) is 11.2. The fraction of sp³-hybridized carbons (Fsp3) is 0.500. The van der Waals surface area contributed by atoms with Gasteiger partial charge in [0.1, 0.15) is 5.82 Å². The predicted octanol–water partition coefficient (Wildman–Crippen LogP) is 3.88. The van der Waals surface area contributed by atoms with Gasteiger partial charge in [-0.1, -0.05) is 12.8 Å². The second-order valence-corrected chi connectivity index (χ2v) is 7.95. The molecule has 0 fully saturated rings. The van der Waals surface area contributed by atoms with Crippen LogP contribution in [0.1, 0.15) is 56.7 Å². The number of carbonyl (C=O) groups excluding carboxylic acids is 1. The van der Waals surface area contributed by atoms with E-state index in [9.17, 15) is 19.4 Å². The molecule has 2 unspecified atom stereocenters. The zero-order valence-corrected chi connectivity index (χ0v) is 18.0. The van der Waals surface area contributed by atoms with Crippen LogP contribution in [0.3, 0.4) is 0 Å². The summed E-state index contributed by atoms with van der Waals surface area (Å²) < 4.78 is 20.0. The third kappa shape index (κ3) is 6.48. The van der Waals surface area contributed by atoms with E-state index in [0.717, 1.165) is 42.6 Å². The molecule has 0 aliphatic heterocycles. The van der Waals surface area contributed by atoms with Crippen LogP contribution in [0.2, 0.25) is 0 Å². The molecule has 1 aromatic heterocycles. The Labute approximate surface area is 182 Å². The number of hydrogen-bond donors (Lipinski definition) is 2. The summed E-state index contributed by atoms with van der Waals surface area (Å²) in [5, 5.41) is 25.1. The minimum absolute atomic E-state index is 0.0313. The lowest BCUT2D eigenvalue weighted by Crippen LogP contribution is -2.20. The summed E-state index contributed by atoms with van der Waals surface area (Å²) in [6, 6.07) is 6.36. The summed E-state index contributed by atoms with van der Waals surface area (Å²) in [6.45, 7) is 1.96. The normalized spacial score (nSPS) is 16.4. The lowest BCUT2D eigenvalue weighted by atomic mass is 9.95. The Bertz CT molecular complexity index is 892. The first-order valence-electron chi connectivity index (χ1n) is 11.0. The van der Waals surface area contributed by atoms with Crippen molar-refractivity contribution in [1.29, 1.82) is 0 Å². The lowest BCUT2D eigenvalue weighted by Gasteiger charge is -2.13. The minimum atomic E-state index is -0.980. The Morgan fingerprint density at radius 2 is 1.90 bits per heavy atom. The summed E-state index contributed by atoms with van der Waals surface area (Å²) in [6.07, 6.45) is 7.57. The number of ether oxygens (including phenoxy) is 1. The third-order valence-electron chi connectivity index (χ3n) is 5.50. The van der Waals surface area contributed by atoms with Crippen LogP contribution in [0, 0.1) is 5.82 Å². The van der Waals surface area contributed by atoms with E-state index in [4.69, 9.17) is 9.84 Å². The number of halogens is 1. The average molecular weight is 431 g/mol. The highest BCUT2D eigenvalue weighted by atomic mass is 19.1.